The normalized spacial score (nSPS) is 13.2. The van der Waals surface area contributed by atoms with Crippen LogP contribution in [0.25, 0.3) is 11.4 Å². The van der Waals surface area contributed by atoms with E-state index in [0.29, 0.717) is 23.3 Å². The number of carbonyl (C=O) groups excluding carboxylic acids is 1. The van der Waals surface area contributed by atoms with Crippen LogP contribution in [0.3, 0.4) is 0 Å². The van der Waals surface area contributed by atoms with Crippen molar-refractivity contribution in [2.45, 2.75) is 6.42 Å². The zero-order chi connectivity index (χ0) is 22.2. The second kappa shape index (κ2) is 8.12. The molecule has 160 valence electrons. The molecule has 1 amide bonds. The van der Waals surface area contributed by atoms with Crippen molar-refractivity contribution in [3.63, 3.8) is 0 Å². The van der Waals surface area contributed by atoms with E-state index in [1.54, 1.807) is 33.5 Å². The fourth-order valence-corrected chi connectivity index (χ4v) is 4.45. The van der Waals surface area contributed by atoms with E-state index in [1.807, 2.05) is 54.6 Å². The van der Waals surface area contributed by atoms with Crippen LogP contribution in [-0.2, 0) is 6.42 Å². The molecule has 2 aromatic heterocycles. The molecular weight excluding hydrogens is 472 g/mol. The number of methoxy groups -OCH3 is 1. The SMILES string of the molecule is COc1ccc(-n2nc(Br)c3c2C(=O)N(c2ccc(-n4ccccc4=O)cc2)CC3)cc1. The molecule has 0 saturated heterocycles. The summed E-state index contributed by atoms with van der Waals surface area (Å²) >= 11 is 3.51. The third-order valence-electron chi connectivity index (χ3n) is 5.55. The number of benzene rings is 2. The predicted octanol–water partition coefficient (Wildman–Crippen LogP) is 4.00. The second-order valence-electron chi connectivity index (χ2n) is 7.36. The van der Waals surface area contributed by atoms with Crippen molar-refractivity contribution < 1.29 is 9.53 Å². The second-order valence-corrected chi connectivity index (χ2v) is 8.11. The van der Waals surface area contributed by atoms with Gasteiger partial charge < -0.3 is 9.64 Å². The van der Waals surface area contributed by atoms with E-state index >= 15 is 0 Å². The summed E-state index contributed by atoms with van der Waals surface area (Å²) in [5, 5.41) is 4.57. The van der Waals surface area contributed by atoms with Crippen LogP contribution in [0, 0.1) is 0 Å². The molecule has 0 bridgehead atoms. The Labute approximate surface area is 192 Å². The molecule has 4 aromatic rings. The number of hydrogen-bond donors (Lipinski definition) is 0. The maximum absolute atomic E-state index is 13.5. The molecular formula is C24H19BrN4O3. The molecule has 1 aliphatic heterocycles. The number of carbonyl (C=O) groups is 1. The standard InChI is InChI=1S/C24H19BrN4O3/c1-32-19-11-9-18(10-12-19)29-22-20(23(25)26-29)13-15-28(24(22)31)17-7-5-16(6-8-17)27-14-3-2-4-21(27)30/h2-12,14H,13,15H2,1H3. The summed E-state index contributed by atoms with van der Waals surface area (Å²) in [6.45, 7) is 0.545. The van der Waals surface area contributed by atoms with E-state index in [1.165, 1.54) is 6.07 Å². The Morgan fingerprint density at radius 2 is 1.59 bits per heavy atom. The monoisotopic (exact) mass is 490 g/mol. The highest BCUT2D eigenvalue weighted by Gasteiger charge is 2.32. The summed E-state index contributed by atoms with van der Waals surface area (Å²) in [7, 11) is 1.61. The topological polar surface area (TPSA) is 69.4 Å². The van der Waals surface area contributed by atoms with Gasteiger partial charge in [0.2, 0.25) is 0 Å². The lowest BCUT2D eigenvalue weighted by atomic mass is 10.1. The quantitative estimate of drug-likeness (QED) is 0.433. The van der Waals surface area contributed by atoms with Crippen LogP contribution in [0.4, 0.5) is 5.69 Å². The summed E-state index contributed by atoms with van der Waals surface area (Å²) in [4.78, 5) is 27.4. The Bertz CT molecular complexity index is 1360. The predicted molar refractivity (Wildman–Crippen MR) is 125 cm³/mol. The summed E-state index contributed by atoms with van der Waals surface area (Å²) in [6, 6.07) is 19.9. The molecule has 0 aliphatic carbocycles. The van der Waals surface area contributed by atoms with Gasteiger partial charge in [0, 0.05) is 35.7 Å². The minimum absolute atomic E-state index is 0.104. The molecule has 2 aromatic carbocycles. The van der Waals surface area contributed by atoms with E-state index in [2.05, 4.69) is 21.0 Å². The first kappa shape index (κ1) is 20.3. The molecule has 0 saturated carbocycles. The summed E-state index contributed by atoms with van der Waals surface area (Å²) in [6.07, 6.45) is 2.40. The van der Waals surface area contributed by atoms with Gasteiger partial charge in [-0.1, -0.05) is 6.07 Å². The van der Waals surface area contributed by atoms with Crippen molar-refractivity contribution in [1.82, 2.24) is 14.3 Å². The average molecular weight is 491 g/mol. The molecule has 3 heterocycles. The van der Waals surface area contributed by atoms with Gasteiger partial charge >= 0.3 is 0 Å². The van der Waals surface area contributed by atoms with E-state index in [4.69, 9.17) is 4.74 Å². The lowest BCUT2D eigenvalue weighted by molar-refractivity contribution is 0.0973. The number of amides is 1. The molecule has 5 rings (SSSR count). The fourth-order valence-electron chi connectivity index (χ4n) is 3.91. The summed E-state index contributed by atoms with van der Waals surface area (Å²) in [5.41, 5.74) is 3.63. The highest BCUT2D eigenvalue weighted by Crippen LogP contribution is 2.31. The number of fused-ring (bicyclic) bond motifs is 1. The third-order valence-corrected chi connectivity index (χ3v) is 6.18. The van der Waals surface area contributed by atoms with Gasteiger partial charge in [-0.25, -0.2) is 4.68 Å². The number of pyridine rings is 1. The van der Waals surface area contributed by atoms with E-state index < -0.39 is 0 Å². The molecule has 8 heteroatoms. The van der Waals surface area contributed by atoms with Crippen molar-refractivity contribution in [3.05, 3.63) is 99.1 Å². The number of aromatic nitrogens is 3. The largest absolute Gasteiger partial charge is 0.497 e. The van der Waals surface area contributed by atoms with Crippen LogP contribution < -0.4 is 15.2 Å². The van der Waals surface area contributed by atoms with Crippen LogP contribution in [0.5, 0.6) is 5.75 Å². The number of nitrogens with zero attached hydrogens (tertiary/aromatic N) is 4. The molecule has 0 N–H and O–H groups in total. The van der Waals surface area contributed by atoms with Crippen molar-refractivity contribution in [1.29, 1.82) is 0 Å². The van der Waals surface area contributed by atoms with Gasteiger partial charge in [-0.15, -0.1) is 0 Å². The molecule has 32 heavy (non-hydrogen) atoms. The number of hydrogen-bond acceptors (Lipinski definition) is 4. The van der Waals surface area contributed by atoms with Crippen molar-refractivity contribution >= 4 is 27.5 Å². The zero-order valence-electron chi connectivity index (χ0n) is 17.2. The minimum Gasteiger partial charge on any atom is -0.497 e. The van der Waals surface area contributed by atoms with Crippen molar-refractivity contribution in [2.75, 3.05) is 18.6 Å². The number of anilines is 1. The molecule has 0 unspecified atom stereocenters. The summed E-state index contributed by atoms with van der Waals surface area (Å²) in [5.74, 6) is 0.615. The molecule has 0 fully saturated rings. The maximum atomic E-state index is 13.5. The molecule has 1 aliphatic rings. The maximum Gasteiger partial charge on any atom is 0.277 e. The first-order valence-corrected chi connectivity index (χ1v) is 10.9. The van der Waals surface area contributed by atoms with Crippen LogP contribution in [-0.4, -0.2) is 33.9 Å². The first-order valence-electron chi connectivity index (χ1n) is 10.1. The Morgan fingerprint density at radius 1 is 0.906 bits per heavy atom. The highest BCUT2D eigenvalue weighted by atomic mass is 79.9. The van der Waals surface area contributed by atoms with Gasteiger partial charge in [-0.05, 0) is 76.9 Å². The van der Waals surface area contributed by atoms with Gasteiger partial charge in [0.25, 0.3) is 11.5 Å². The lowest BCUT2D eigenvalue weighted by Crippen LogP contribution is -2.38. The van der Waals surface area contributed by atoms with E-state index in [-0.39, 0.29) is 11.5 Å². The fraction of sp³-hybridized carbons (Fsp3) is 0.125. The van der Waals surface area contributed by atoms with Crippen molar-refractivity contribution in [3.8, 4) is 17.1 Å². The van der Waals surface area contributed by atoms with Crippen LogP contribution in [0.15, 0.2) is 82.3 Å². The van der Waals surface area contributed by atoms with Crippen molar-refractivity contribution in [2.24, 2.45) is 0 Å². The Kier molecular flexibility index (Phi) is 5.14. The van der Waals surface area contributed by atoms with Crippen LogP contribution in [0.1, 0.15) is 16.1 Å². The number of rotatable bonds is 4. The van der Waals surface area contributed by atoms with Gasteiger partial charge in [0.1, 0.15) is 16.0 Å². The van der Waals surface area contributed by atoms with Crippen LogP contribution >= 0.6 is 15.9 Å². The van der Waals surface area contributed by atoms with E-state index in [9.17, 15) is 9.59 Å². The lowest BCUT2D eigenvalue weighted by Gasteiger charge is -2.28. The Hall–Kier alpha value is -3.65. The van der Waals surface area contributed by atoms with Crippen LogP contribution in [0.2, 0.25) is 0 Å². The first-order chi connectivity index (χ1) is 15.6. The smallest absolute Gasteiger partial charge is 0.277 e. The van der Waals surface area contributed by atoms with Gasteiger partial charge in [0.15, 0.2) is 0 Å². The Morgan fingerprint density at radius 3 is 2.28 bits per heavy atom. The van der Waals surface area contributed by atoms with Gasteiger partial charge in [-0.2, -0.15) is 5.10 Å². The van der Waals surface area contributed by atoms with Gasteiger partial charge in [-0.3, -0.25) is 14.2 Å². The molecule has 7 nitrogen and oxygen atoms in total. The molecule has 0 atom stereocenters. The van der Waals surface area contributed by atoms with E-state index in [0.717, 1.165) is 28.4 Å². The number of halogens is 1. The zero-order valence-corrected chi connectivity index (χ0v) is 18.8. The average Bonchev–Trinajstić information content (AvgIpc) is 3.17. The van der Waals surface area contributed by atoms with Gasteiger partial charge in [0.05, 0.1) is 12.8 Å². The third kappa shape index (κ3) is 3.42. The number of ether oxygens (including phenoxy) is 1. The molecule has 0 spiro atoms. The summed E-state index contributed by atoms with van der Waals surface area (Å²) < 4.78 is 9.15. The minimum atomic E-state index is -0.120. The Balaban J connectivity index is 1.49. The highest BCUT2D eigenvalue weighted by molar-refractivity contribution is 9.10. The molecule has 0 radical (unpaired) electrons.